The van der Waals surface area contributed by atoms with Gasteiger partial charge in [-0.25, -0.2) is 28.7 Å². The number of rotatable bonds is 12. The molecule has 0 saturated heterocycles. The second-order valence-electron chi connectivity index (χ2n) is 8.79. The number of carbonyl (C=O) groups is 1. The molecule has 41 heavy (non-hydrogen) atoms. The van der Waals surface area contributed by atoms with Crippen LogP contribution in [0.5, 0.6) is 11.5 Å². The molecule has 2 aromatic carbocycles. The van der Waals surface area contributed by atoms with Crippen LogP contribution in [0.2, 0.25) is 0 Å². The van der Waals surface area contributed by atoms with Gasteiger partial charge in [0.05, 0.1) is 31.5 Å². The molecule has 13 heteroatoms. The fraction of sp³-hybridized carbons (Fsp3) is 0.214. The van der Waals surface area contributed by atoms with E-state index in [1.54, 1.807) is 31.3 Å². The molecule has 0 bridgehead atoms. The zero-order chi connectivity index (χ0) is 28.8. The van der Waals surface area contributed by atoms with Gasteiger partial charge >= 0.3 is 5.97 Å². The van der Waals surface area contributed by atoms with Crippen LogP contribution < -0.4 is 14.8 Å². The lowest BCUT2D eigenvalue weighted by Crippen LogP contribution is -2.08. The highest BCUT2D eigenvalue weighted by molar-refractivity contribution is 5.92. The summed E-state index contributed by atoms with van der Waals surface area (Å²) in [6.45, 7) is 1.97. The van der Waals surface area contributed by atoms with Gasteiger partial charge in [-0.05, 0) is 25.5 Å². The highest BCUT2D eigenvalue weighted by atomic mass is 19.1. The van der Waals surface area contributed by atoms with Gasteiger partial charge in [-0.1, -0.05) is 18.2 Å². The van der Waals surface area contributed by atoms with E-state index in [1.165, 1.54) is 17.2 Å². The zero-order valence-corrected chi connectivity index (χ0v) is 21.9. The van der Waals surface area contributed by atoms with Gasteiger partial charge in [0.1, 0.15) is 35.2 Å². The number of hydrogen-bond acceptors (Lipinski definition) is 9. The number of aromatic nitrogens is 6. The Hall–Kier alpha value is -5.20. The van der Waals surface area contributed by atoms with E-state index in [0.717, 1.165) is 12.1 Å². The molecule has 0 saturated carbocycles. The van der Waals surface area contributed by atoms with E-state index in [9.17, 15) is 13.6 Å². The van der Waals surface area contributed by atoms with Crippen LogP contribution in [0.1, 0.15) is 25.3 Å². The standard InChI is InChI=1S/C28H25F2N7O4/c1-2-40-17-12-20(29)19(21(30)13-17)15-37-22-7-4-3-6-18(22)26(36-37)28-32-14-23(41-11-5-8-25(38)39)27(35-28)34-24-9-10-31-16-33-24/h3-4,6-7,9-10,12-14,16H,2,5,8,11,15H2,1H3,(H,38,39)(H,31,32,33,34,35). The van der Waals surface area contributed by atoms with Gasteiger partial charge in [0.25, 0.3) is 0 Å². The Morgan fingerprint density at radius 1 is 1.10 bits per heavy atom. The Morgan fingerprint density at radius 2 is 1.90 bits per heavy atom. The lowest BCUT2D eigenvalue weighted by Gasteiger charge is -2.12. The first kappa shape index (κ1) is 27.4. The number of aliphatic carboxylic acids is 1. The highest BCUT2D eigenvalue weighted by Gasteiger charge is 2.20. The third-order valence-corrected chi connectivity index (χ3v) is 5.98. The first-order valence-electron chi connectivity index (χ1n) is 12.7. The summed E-state index contributed by atoms with van der Waals surface area (Å²) in [5.74, 6) is -1.09. The Morgan fingerprint density at radius 3 is 2.63 bits per heavy atom. The topological polar surface area (TPSA) is 137 Å². The molecule has 0 aliphatic carbocycles. The third kappa shape index (κ3) is 6.35. The Labute approximate surface area is 232 Å². The van der Waals surface area contributed by atoms with Crippen molar-refractivity contribution in [2.24, 2.45) is 0 Å². The molecule has 2 N–H and O–H groups in total. The first-order chi connectivity index (χ1) is 19.9. The molecule has 0 unspecified atom stereocenters. The molecule has 3 aromatic heterocycles. The Balaban J connectivity index is 1.51. The van der Waals surface area contributed by atoms with E-state index < -0.39 is 17.6 Å². The fourth-order valence-corrected chi connectivity index (χ4v) is 4.12. The average Bonchev–Trinajstić information content (AvgIpc) is 3.33. The van der Waals surface area contributed by atoms with Gasteiger partial charge in [-0.2, -0.15) is 5.10 Å². The smallest absolute Gasteiger partial charge is 0.303 e. The summed E-state index contributed by atoms with van der Waals surface area (Å²) in [5, 5.41) is 17.3. The van der Waals surface area contributed by atoms with Gasteiger partial charge < -0.3 is 19.9 Å². The van der Waals surface area contributed by atoms with Crippen LogP contribution in [-0.4, -0.2) is 54.0 Å². The number of halogens is 2. The predicted molar refractivity (Wildman–Crippen MR) is 145 cm³/mol. The van der Waals surface area contributed by atoms with Gasteiger partial charge in [0.15, 0.2) is 17.4 Å². The SMILES string of the molecule is CCOc1cc(F)c(Cn2nc(-c3ncc(OCCCC(=O)O)c(Nc4ccncn4)n3)c3ccccc32)c(F)c1. The van der Waals surface area contributed by atoms with E-state index in [4.69, 9.17) is 14.6 Å². The van der Waals surface area contributed by atoms with Crippen LogP contribution >= 0.6 is 0 Å². The van der Waals surface area contributed by atoms with E-state index >= 15 is 0 Å². The molecule has 0 amide bonds. The lowest BCUT2D eigenvalue weighted by atomic mass is 10.1. The minimum absolute atomic E-state index is 0.0490. The summed E-state index contributed by atoms with van der Waals surface area (Å²) >= 11 is 0. The number of hydrogen-bond donors (Lipinski definition) is 2. The minimum atomic E-state index is -0.924. The molecular formula is C28H25F2N7O4. The summed E-state index contributed by atoms with van der Waals surface area (Å²) in [7, 11) is 0. The van der Waals surface area contributed by atoms with Crippen molar-refractivity contribution in [2.75, 3.05) is 18.5 Å². The van der Waals surface area contributed by atoms with Crippen LogP contribution in [0.4, 0.5) is 20.4 Å². The highest BCUT2D eigenvalue weighted by Crippen LogP contribution is 2.31. The maximum atomic E-state index is 14.9. The molecule has 5 rings (SSSR count). The number of para-hydroxylation sites is 1. The molecule has 5 aromatic rings. The second-order valence-corrected chi connectivity index (χ2v) is 8.79. The maximum absolute atomic E-state index is 14.9. The number of ether oxygens (including phenoxy) is 2. The van der Waals surface area contributed by atoms with Crippen LogP contribution in [0.25, 0.3) is 22.4 Å². The fourth-order valence-electron chi connectivity index (χ4n) is 4.12. The Bertz CT molecular complexity index is 1660. The monoisotopic (exact) mass is 561 g/mol. The van der Waals surface area contributed by atoms with Crippen molar-refractivity contribution in [2.45, 2.75) is 26.3 Å². The normalized spacial score (nSPS) is 11.0. The summed E-state index contributed by atoms with van der Waals surface area (Å²) < 4.78 is 42.2. The lowest BCUT2D eigenvalue weighted by molar-refractivity contribution is -0.137. The number of carboxylic acid groups (broad SMARTS) is 1. The summed E-state index contributed by atoms with van der Waals surface area (Å²) in [6, 6.07) is 11.2. The molecule has 0 spiro atoms. The van der Waals surface area contributed by atoms with Crippen molar-refractivity contribution in [3.8, 4) is 23.0 Å². The number of nitrogens with zero attached hydrogens (tertiary/aromatic N) is 6. The van der Waals surface area contributed by atoms with Crippen LogP contribution in [0.15, 0.2) is 61.2 Å². The second kappa shape index (κ2) is 12.3. The molecule has 0 aliphatic rings. The number of nitrogens with one attached hydrogen (secondary N) is 1. The Kier molecular flexibility index (Phi) is 8.23. The van der Waals surface area contributed by atoms with Crippen molar-refractivity contribution >= 4 is 28.5 Å². The quantitative estimate of drug-likeness (QED) is 0.200. The van der Waals surface area contributed by atoms with Crippen molar-refractivity contribution in [3.05, 3.63) is 78.4 Å². The van der Waals surface area contributed by atoms with Crippen molar-refractivity contribution in [3.63, 3.8) is 0 Å². The van der Waals surface area contributed by atoms with E-state index in [0.29, 0.717) is 22.4 Å². The van der Waals surface area contributed by atoms with Gasteiger partial charge in [-0.3, -0.25) is 9.48 Å². The summed E-state index contributed by atoms with van der Waals surface area (Å²) in [6.07, 6.45) is 4.61. The molecule has 0 atom stereocenters. The van der Waals surface area contributed by atoms with Crippen molar-refractivity contribution in [1.82, 2.24) is 29.7 Å². The molecular weight excluding hydrogens is 536 g/mol. The number of anilines is 2. The van der Waals surface area contributed by atoms with Crippen molar-refractivity contribution < 1.29 is 28.2 Å². The van der Waals surface area contributed by atoms with Gasteiger partial charge in [0, 0.05) is 35.7 Å². The molecule has 11 nitrogen and oxygen atoms in total. The first-order valence-corrected chi connectivity index (χ1v) is 12.7. The van der Waals surface area contributed by atoms with Gasteiger partial charge in [0.2, 0.25) is 0 Å². The average molecular weight is 562 g/mol. The van der Waals surface area contributed by atoms with Crippen LogP contribution in [0.3, 0.4) is 0 Å². The van der Waals surface area contributed by atoms with E-state index in [-0.39, 0.29) is 61.3 Å². The molecule has 0 radical (unpaired) electrons. The molecule has 3 heterocycles. The zero-order valence-electron chi connectivity index (χ0n) is 21.9. The third-order valence-electron chi connectivity index (χ3n) is 5.98. The summed E-state index contributed by atoms with van der Waals surface area (Å²) in [5.41, 5.74) is 0.846. The number of fused-ring (bicyclic) bond motifs is 1. The van der Waals surface area contributed by atoms with Crippen molar-refractivity contribution in [1.29, 1.82) is 0 Å². The van der Waals surface area contributed by atoms with E-state index in [2.05, 4.69) is 30.4 Å². The summed E-state index contributed by atoms with van der Waals surface area (Å²) in [4.78, 5) is 28.0. The molecule has 210 valence electrons. The van der Waals surface area contributed by atoms with E-state index in [1.807, 2.05) is 12.1 Å². The molecule has 0 aliphatic heterocycles. The predicted octanol–water partition coefficient (Wildman–Crippen LogP) is 5.00. The maximum Gasteiger partial charge on any atom is 0.303 e. The number of benzene rings is 2. The van der Waals surface area contributed by atoms with Crippen LogP contribution in [-0.2, 0) is 11.3 Å². The molecule has 0 fully saturated rings. The largest absolute Gasteiger partial charge is 0.494 e. The number of carboxylic acids is 1. The van der Waals surface area contributed by atoms with Crippen LogP contribution in [0, 0.1) is 11.6 Å². The minimum Gasteiger partial charge on any atom is -0.494 e. The van der Waals surface area contributed by atoms with Gasteiger partial charge in [-0.15, -0.1) is 0 Å².